The molecule has 0 spiro atoms. The molecule has 2 aromatic rings. The number of nitrogens with one attached hydrogen (secondary N) is 2. The Morgan fingerprint density at radius 1 is 1.30 bits per heavy atom. The summed E-state index contributed by atoms with van der Waals surface area (Å²) >= 11 is 0. The van der Waals surface area contributed by atoms with Gasteiger partial charge in [-0.05, 0) is 31.2 Å². The van der Waals surface area contributed by atoms with Gasteiger partial charge in [-0.2, -0.15) is 10.1 Å². The molecule has 2 atom stereocenters. The molecule has 147 valence electrons. The van der Waals surface area contributed by atoms with Crippen LogP contribution < -0.4 is 10.6 Å². The van der Waals surface area contributed by atoms with Gasteiger partial charge in [0.25, 0.3) is 0 Å². The van der Waals surface area contributed by atoms with Gasteiger partial charge in [-0.25, -0.2) is 4.98 Å². The Labute approximate surface area is 162 Å². The quantitative estimate of drug-likeness (QED) is 0.778. The lowest BCUT2D eigenvalue weighted by Crippen LogP contribution is -2.47. The molecule has 1 aliphatic heterocycles. The Hall–Kier alpha value is -2.15. The van der Waals surface area contributed by atoms with E-state index < -0.39 is 0 Å². The maximum absolute atomic E-state index is 4.64. The van der Waals surface area contributed by atoms with Gasteiger partial charge in [-0.15, -0.1) is 0 Å². The summed E-state index contributed by atoms with van der Waals surface area (Å²) < 4.78 is 1.83. The monoisotopic (exact) mass is 370 g/mol. The van der Waals surface area contributed by atoms with E-state index in [9.17, 15) is 0 Å². The first-order valence-corrected chi connectivity index (χ1v) is 9.83. The van der Waals surface area contributed by atoms with Gasteiger partial charge in [0.05, 0.1) is 0 Å². The van der Waals surface area contributed by atoms with Crippen molar-refractivity contribution < 1.29 is 0 Å². The van der Waals surface area contributed by atoms with Gasteiger partial charge in [-0.3, -0.25) is 4.68 Å². The molecule has 27 heavy (non-hydrogen) atoms. The van der Waals surface area contributed by atoms with E-state index in [0.717, 1.165) is 43.4 Å². The number of piperidine rings is 1. The largest absolute Gasteiger partial charge is 0.367 e. The van der Waals surface area contributed by atoms with Crippen molar-refractivity contribution in [2.24, 2.45) is 13.0 Å². The average molecular weight is 371 g/mol. The predicted molar refractivity (Wildman–Crippen MR) is 110 cm³/mol. The van der Waals surface area contributed by atoms with Crippen LogP contribution >= 0.6 is 0 Å². The van der Waals surface area contributed by atoms with Crippen molar-refractivity contribution in [3.8, 4) is 0 Å². The lowest BCUT2D eigenvalue weighted by molar-refractivity contribution is 0.165. The molecule has 1 saturated heterocycles. The topological polar surface area (TPSA) is 70.9 Å². The number of anilines is 3. The summed E-state index contributed by atoms with van der Waals surface area (Å²) in [5.74, 6) is 4.31. The fraction of sp³-hybridized carbons (Fsp3) is 0.600. The molecule has 3 heterocycles. The molecule has 3 rings (SSSR count). The maximum atomic E-state index is 4.64. The minimum absolute atomic E-state index is 0.447. The Balaban J connectivity index is 1.63. The van der Waals surface area contributed by atoms with Crippen LogP contribution in [0, 0.1) is 18.8 Å². The Kier molecular flexibility index (Phi) is 6.31. The zero-order chi connectivity index (χ0) is 19.4. The summed E-state index contributed by atoms with van der Waals surface area (Å²) in [6.45, 7) is 12.1. The molecule has 2 N–H and O–H groups in total. The standard InChI is InChI=1S/C20H32N7/c1-6-16-13-27(12-14(2)3)10-8-17(16)22-18-7-9-21-20(23-18)24-19-11-15(4)26(5)25-19/h7,9,11,16-17H,6,8,10,12-13H2,1-5H3,(H2,21,22,23,24,25). The lowest BCUT2D eigenvalue weighted by Gasteiger charge is -2.39. The van der Waals surface area contributed by atoms with Gasteiger partial charge < -0.3 is 15.5 Å². The molecule has 0 amide bonds. The van der Waals surface area contributed by atoms with E-state index in [1.165, 1.54) is 12.3 Å². The van der Waals surface area contributed by atoms with Crippen molar-refractivity contribution >= 4 is 17.6 Å². The van der Waals surface area contributed by atoms with Crippen molar-refractivity contribution in [2.45, 2.75) is 46.6 Å². The molecule has 0 bridgehead atoms. The summed E-state index contributed by atoms with van der Waals surface area (Å²) in [5.41, 5.74) is 1.09. The summed E-state index contributed by atoms with van der Waals surface area (Å²) in [4.78, 5) is 11.5. The molecular weight excluding hydrogens is 338 g/mol. The minimum Gasteiger partial charge on any atom is -0.367 e. The molecule has 0 aromatic carbocycles. The molecule has 0 saturated carbocycles. The SMILES string of the molecule is CCC1CN(C[C](C)C)CCC1Nc1ccnc(Nc2cc(C)n(C)n2)n1. The van der Waals surface area contributed by atoms with Crippen LogP contribution in [0.15, 0.2) is 18.3 Å². The van der Waals surface area contributed by atoms with E-state index in [2.05, 4.69) is 51.4 Å². The lowest BCUT2D eigenvalue weighted by atomic mass is 9.89. The van der Waals surface area contributed by atoms with Crippen LogP contribution in [0.1, 0.15) is 39.3 Å². The third kappa shape index (κ3) is 5.19. The van der Waals surface area contributed by atoms with Gasteiger partial charge >= 0.3 is 0 Å². The van der Waals surface area contributed by atoms with Crippen LogP contribution in [-0.2, 0) is 7.05 Å². The van der Waals surface area contributed by atoms with Crippen molar-refractivity contribution in [3.63, 3.8) is 0 Å². The minimum atomic E-state index is 0.447. The second kappa shape index (κ2) is 8.69. The number of nitrogens with zero attached hydrogens (tertiary/aromatic N) is 5. The average Bonchev–Trinajstić information content (AvgIpc) is 2.93. The predicted octanol–water partition coefficient (Wildman–Crippen LogP) is 3.39. The highest BCUT2D eigenvalue weighted by molar-refractivity contribution is 5.50. The summed E-state index contributed by atoms with van der Waals surface area (Å²) in [5, 5.41) is 11.2. The Morgan fingerprint density at radius 2 is 2.11 bits per heavy atom. The van der Waals surface area contributed by atoms with E-state index in [-0.39, 0.29) is 0 Å². The Bertz CT molecular complexity index is 720. The number of hydrogen-bond acceptors (Lipinski definition) is 6. The molecule has 1 aliphatic rings. The molecule has 2 unspecified atom stereocenters. The van der Waals surface area contributed by atoms with Crippen LogP contribution in [-0.4, -0.2) is 50.3 Å². The van der Waals surface area contributed by atoms with Crippen molar-refractivity contribution in [1.82, 2.24) is 24.6 Å². The van der Waals surface area contributed by atoms with Crippen LogP contribution in [0.4, 0.5) is 17.6 Å². The van der Waals surface area contributed by atoms with Crippen LogP contribution in [0.25, 0.3) is 0 Å². The summed E-state index contributed by atoms with van der Waals surface area (Å²) in [6.07, 6.45) is 4.09. The molecule has 7 nitrogen and oxygen atoms in total. The van der Waals surface area contributed by atoms with E-state index in [0.29, 0.717) is 17.9 Å². The fourth-order valence-corrected chi connectivity index (χ4v) is 3.73. The van der Waals surface area contributed by atoms with E-state index in [1.54, 1.807) is 6.20 Å². The first kappa shape index (κ1) is 19.6. The van der Waals surface area contributed by atoms with Gasteiger partial charge in [0.2, 0.25) is 5.95 Å². The van der Waals surface area contributed by atoms with Crippen molar-refractivity contribution in [1.29, 1.82) is 0 Å². The van der Waals surface area contributed by atoms with Crippen LogP contribution in [0.3, 0.4) is 0 Å². The second-order valence-electron chi connectivity index (χ2n) is 7.84. The van der Waals surface area contributed by atoms with Gasteiger partial charge in [0.1, 0.15) is 5.82 Å². The maximum Gasteiger partial charge on any atom is 0.230 e. The second-order valence-corrected chi connectivity index (χ2v) is 7.84. The van der Waals surface area contributed by atoms with E-state index in [1.807, 2.05) is 30.8 Å². The fourth-order valence-electron chi connectivity index (χ4n) is 3.73. The first-order valence-electron chi connectivity index (χ1n) is 9.83. The summed E-state index contributed by atoms with van der Waals surface area (Å²) in [7, 11) is 1.92. The molecule has 7 heteroatoms. The van der Waals surface area contributed by atoms with Crippen LogP contribution in [0.2, 0.25) is 0 Å². The zero-order valence-corrected chi connectivity index (χ0v) is 17.2. The van der Waals surface area contributed by atoms with Crippen molar-refractivity contribution in [3.05, 3.63) is 29.9 Å². The third-order valence-electron chi connectivity index (χ3n) is 5.22. The molecule has 0 aliphatic carbocycles. The van der Waals surface area contributed by atoms with Gasteiger partial charge in [-0.1, -0.05) is 27.2 Å². The molecule has 1 radical (unpaired) electrons. The highest BCUT2D eigenvalue weighted by Crippen LogP contribution is 2.24. The zero-order valence-electron chi connectivity index (χ0n) is 17.2. The van der Waals surface area contributed by atoms with Crippen molar-refractivity contribution in [2.75, 3.05) is 30.3 Å². The third-order valence-corrected chi connectivity index (χ3v) is 5.22. The highest BCUT2D eigenvalue weighted by Gasteiger charge is 2.28. The van der Waals surface area contributed by atoms with Gasteiger partial charge in [0, 0.05) is 50.7 Å². The van der Waals surface area contributed by atoms with E-state index >= 15 is 0 Å². The molecular formula is C20H32N7. The molecule has 2 aromatic heterocycles. The number of aromatic nitrogens is 4. The van der Waals surface area contributed by atoms with Gasteiger partial charge in [0.15, 0.2) is 5.82 Å². The summed E-state index contributed by atoms with van der Waals surface area (Å²) in [6, 6.07) is 4.37. The van der Waals surface area contributed by atoms with Crippen LogP contribution in [0.5, 0.6) is 0 Å². The number of rotatable bonds is 7. The number of likely N-dealkylation sites (tertiary alicyclic amines) is 1. The first-order chi connectivity index (χ1) is 12.9. The Morgan fingerprint density at radius 3 is 2.78 bits per heavy atom. The normalized spacial score (nSPS) is 20.8. The number of aryl methyl sites for hydroxylation is 2. The van der Waals surface area contributed by atoms with E-state index in [4.69, 9.17) is 0 Å². The molecule has 1 fully saturated rings. The highest BCUT2D eigenvalue weighted by atomic mass is 15.3. The number of hydrogen-bond donors (Lipinski definition) is 2. The smallest absolute Gasteiger partial charge is 0.230 e.